The molecule has 2 rings (SSSR count). The zero-order chi connectivity index (χ0) is 13.9. The van der Waals surface area contributed by atoms with Crippen molar-refractivity contribution < 1.29 is 17.9 Å². The van der Waals surface area contributed by atoms with Crippen LogP contribution in [0.2, 0.25) is 0 Å². The van der Waals surface area contributed by atoms with Crippen LogP contribution in [-0.4, -0.2) is 56.4 Å². The van der Waals surface area contributed by atoms with Gasteiger partial charge in [0.2, 0.25) is 15.9 Å². The molecule has 0 N–H and O–H groups in total. The molecule has 1 aromatic heterocycles. The molecule has 0 saturated carbocycles. The molecule has 0 bridgehead atoms. The van der Waals surface area contributed by atoms with Crippen molar-refractivity contribution in [1.82, 2.24) is 9.29 Å². The molecule has 1 aliphatic rings. The molecule has 1 atom stereocenters. The summed E-state index contributed by atoms with van der Waals surface area (Å²) in [5.41, 5.74) is 0.854. The highest BCUT2D eigenvalue weighted by Crippen LogP contribution is 2.13. The highest BCUT2D eigenvalue weighted by molar-refractivity contribution is 7.88. The Morgan fingerprint density at radius 2 is 2.26 bits per heavy atom. The number of pyridine rings is 1. The van der Waals surface area contributed by atoms with Crippen molar-refractivity contribution >= 4 is 10.0 Å². The largest absolute Gasteiger partial charge is 0.470 e. The first kappa shape index (κ1) is 14.2. The van der Waals surface area contributed by atoms with Crippen LogP contribution in [0, 0.1) is 6.92 Å². The Morgan fingerprint density at radius 1 is 1.47 bits per heavy atom. The lowest BCUT2D eigenvalue weighted by Crippen LogP contribution is -2.39. The van der Waals surface area contributed by atoms with E-state index in [4.69, 9.17) is 9.47 Å². The van der Waals surface area contributed by atoms with Crippen molar-refractivity contribution in [3.63, 3.8) is 0 Å². The molecule has 0 aromatic carbocycles. The van der Waals surface area contributed by atoms with E-state index < -0.39 is 10.0 Å². The fourth-order valence-electron chi connectivity index (χ4n) is 1.88. The maximum atomic E-state index is 11.6. The summed E-state index contributed by atoms with van der Waals surface area (Å²) in [7, 11) is -3.23. The van der Waals surface area contributed by atoms with Crippen LogP contribution in [0.15, 0.2) is 18.2 Å². The smallest absolute Gasteiger partial charge is 0.213 e. The highest BCUT2D eigenvalue weighted by Gasteiger charge is 2.26. The second-order valence-electron chi connectivity index (χ2n) is 4.55. The summed E-state index contributed by atoms with van der Waals surface area (Å²) < 4.78 is 35.6. The van der Waals surface area contributed by atoms with Crippen LogP contribution in [0.25, 0.3) is 0 Å². The molecule has 19 heavy (non-hydrogen) atoms. The number of aryl methyl sites for hydroxylation is 1. The summed E-state index contributed by atoms with van der Waals surface area (Å²) in [6.07, 6.45) is 0.854. The number of nitrogens with zero attached hydrogens (tertiary/aromatic N) is 2. The average molecular weight is 286 g/mol. The van der Waals surface area contributed by atoms with Crippen LogP contribution >= 0.6 is 0 Å². The number of ether oxygens (including phenoxy) is 2. The highest BCUT2D eigenvalue weighted by atomic mass is 32.2. The number of hydrogen-bond donors (Lipinski definition) is 0. The molecule has 7 heteroatoms. The molecule has 0 spiro atoms. The second-order valence-corrected chi connectivity index (χ2v) is 6.54. The Kier molecular flexibility index (Phi) is 4.38. The predicted octanol–water partition coefficient (Wildman–Crippen LogP) is 0.429. The van der Waals surface area contributed by atoms with Gasteiger partial charge < -0.3 is 9.47 Å². The maximum absolute atomic E-state index is 11.6. The van der Waals surface area contributed by atoms with E-state index in [0.717, 1.165) is 5.69 Å². The Hall–Kier alpha value is -1.18. The summed E-state index contributed by atoms with van der Waals surface area (Å²) in [5, 5.41) is 0. The first-order valence-corrected chi connectivity index (χ1v) is 7.93. The molecule has 0 radical (unpaired) electrons. The minimum Gasteiger partial charge on any atom is -0.470 e. The Bertz CT molecular complexity index is 532. The van der Waals surface area contributed by atoms with Gasteiger partial charge >= 0.3 is 0 Å². The summed E-state index contributed by atoms with van der Waals surface area (Å²) >= 11 is 0. The number of aromatic nitrogens is 1. The lowest BCUT2D eigenvalue weighted by atomic mass is 10.3. The van der Waals surface area contributed by atoms with E-state index in [1.54, 1.807) is 6.07 Å². The van der Waals surface area contributed by atoms with Gasteiger partial charge in [-0.25, -0.2) is 13.4 Å². The lowest BCUT2D eigenvalue weighted by Gasteiger charge is -2.21. The average Bonchev–Trinajstić information content (AvgIpc) is 2.54. The molecular formula is C12H18N2O4S. The van der Waals surface area contributed by atoms with Crippen molar-refractivity contribution in [2.24, 2.45) is 0 Å². The number of hydrogen-bond acceptors (Lipinski definition) is 5. The first-order valence-electron chi connectivity index (χ1n) is 6.08. The molecule has 1 aromatic rings. The van der Waals surface area contributed by atoms with Gasteiger partial charge in [0.1, 0.15) is 6.10 Å². The summed E-state index contributed by atoms with van der Waals surface area (Å²) in [6.45, 7) is 3.27. The van der Waals surface area contributed by atoms with Gasteiger partial charge in [0.05, 0.1) is 26.0 Å². The molecule has 1 saturated heterocycles. The Balaban J connectivity index is 2.07. The van der Waals surface area contributed by atoms with Crippen LogP contribution in [-0.2, 0) is 14.8 Å². The fourth-order valence-corrected chi connectivity index (χ4v) is 2.72. The third-order valence-corrected chi connectivity index (χ3v) is 4.08. The Morgan fingerprint density at radius 3 is 2.95 bits per heavy atom. The van der Waals surface area contributed by atoms with Crippen LogP contribution in [0.5, 0.6) is 5.88 Å². The normalized spacial score (nSPS) is 21.9. The van der Waals surface area contributed by atoms with Gasteiger partial charge in [0.15, 0.2) is 0 Å². The first-order chi connectivity index (χ1) is 8.95. The molecule has 6 nitrogen and oxygen atoms in total. The molecule has 1 fully saturated rings. The van der Waals surface area contributed by atoms with Gasteiger partial charge in [-0.05, 0) is 13.0 Å². The molecule has 0 amide bonds. The Labute approximate surface area is 113 Å². The van der Waals surface area contributed by atoms with E-state index in [9.17, 15) is 8.42 Å². The van der Waals surface area contributed by atoms with E-state index in [1.807, 2.05) is 19.1 Å². The quantitative estimate of drug-likeness (QED) is 0.806. The van der Waals surface area contributed by atoms with E-state index >= 15 is 0 Å². The lowest BCUT2D eigenvalue weighted by molar-refractivity contribution is 0.0696. The summed E-state index contributed by atoms with van der Waals surface area (Å²) in [6, 6.07) is 5.48. The molecule has 0 aliphatic carbocycles. The third-order valence-electron chi connectivity index (χ3n) is 2.82. The van der Waals surface area contributed by atoms with Crippen molar-refractivity contribution in [3.05, 3.63) is 23.9 Å². The van der Waals surface area contributed by atoms with Gasteiger partial charge in [-0.3, -0.25) is 0 Å². The van der Waals surface area contributed by atoms with Gasteiger partial charge in [-0.15, -0.1) is 0 Å². The predicted molar refractivity (Wildman–Crippen MR) is 70.6 cm³/mol. The van der Waals surface area contributed by atoms with E-state index in [0.29, 0.717) is 25.6 Å². The van der Waals surface area contributed by atoms with Crippen LogP contribution in [0.3, 0.4) is 0 Å². The van der Waals surface area contributed by atoms with Crippen LogP contribution < -0.4 is 4.74 Å². The van der Waals surface area contributed by atoms with E-state index in [1.165, 1.54) is 10.6 Å². The van der Waals surface area contributed by atoms with Gasteiger partial charge in [-0.2, -0.15) is 4.31 Å². The molecule has 2 heterocycles. The number of sulfonamides is 1. The summed E-state index contributed by atoms with van der Waals surface area (Å²) in [5.74, 6) is 0.490. The van der Waals surface area contributed by atoms with E-state index in [2.05, 4.69) is 4.98 Å². The minimum absolute atomic E-state index is 0.286. The number of rotatable bonds is 3. The second kappa shape index (κ2) is 5.85. The standard InChI is InChI=1S/C12H18N2O4S/c1-10-4-3-5-12(13-10)18-11-8-14(19(2,15)16)6-7-17-9-11/h3-5,11H,6-9H2,1-2H3. The van der Waals surface area contributed by atoms with E-state index in [-0.39, 0.29) is 12.6 Å². The molecular weight excluding hydrogens is 268 g/mol. The van der Waals surface area contributed by atoms with Crippen molar-refractivity contribution in [3.8, 4) is 5.88 Å². The molecule has 106 valence electrons. The zero-order valence-electron chi connectivity index (χ0n) is 11.1. The fraction of sp³-hybridized carbons (Fsp3) is 0.583. The minimum atomic E-state index is -3.23. The SMILES string of the molecule is Cc1cccc(OC2COCCN(S(C)(=O)=O)C2)n1. The summed E-state index contributed by atoms with van der Waals surface area (Å²) in [4.78, 5) is 4.24. The van der Waals surface area contributed by atoms with Crippen LogP contribution in [0.4, 0.5) is 0 Å². The molecule has 1 aliphatic heterocycles. The van der Waals surface area contributed by atoms with Crippen molar-refractivity contribution in [2.45, 2.75) is 13.0 Å². The van der Waals surface area contributed by atoms with Gasteiger partial charge in [0, 0.05) is 18.3 Å². The van der Waals surface area contributed by atoms with Gasteiger partial charge in [0.25, 0.3) is 0 Å². The topological polar surface area (TPSA) is 68.7 Å². The van der Waals surface area contributed by atoms with Crippen LogP contribution in [0.1, 0.15) is 5.69 Å². The van der Waals surface area contributed by atoms with Crippen molar-refractivity contribution in [2.75, 3.05) is 32.6 Å². The molecule has 1 unspecified atom stereocenters. The van der Waals surface area contributed by atoms with Gasteiger partial charge in [-0.1, -0.05) is 6.07 Å². The van der Waals surface area contributed by atoms with Crippen molar-refractivity contribution in [1.29, 1.82) is 0 Å². The third kappa shape index (κ3) is 4.15. The maximum Gasteiger partial charge on any atom is 0.213 e. The zero-order valence-corrected chi connectivity index (χ0v) is 11.9. The monoisotopic (exact) mass is 286 g/mol.